The highest BCUT2D eigenvalue weighted by atomic mass is 35.5. The third kappa shape index (κ3) is 3.86. The molecule has 4 heteroatoms. The topological polar surface area (TPSA) is 29.1 Å². The van der Waals surface area contributed by atoms with Crippen LogP contribution in [0.3, 0.4) is 0 Å². The number of hydrogen-bond acceptors (Lipinski definition) is 1. The van der Waals surface area contributed by atoms with E-state index >= 15 is 0 Å². The van der Waals surface area contributed by atoms with E-state index < -0.39 is 11.7 Å². The van der Waals surface area contributed by atoms with Crippen LogP contribution >= 0.6 is 11.6 Å². The Morgan fingerprint density at radius 3 is 2.50 bits per heavy atom. The second kappa shape index (κ2) is 7.41. The first-order valence-electron chi connectivity index (χ1n) is 7.36. The van der Waals surface area contributed by atoms with Gasteiger partial charge >= 0.3 is 0 Å². The van der Waals surface area contributed by atoms with Crippen molar-refractivity contribution in [1.82, 2.24) is 5.32 Å². The van der Waals surface area contributed by atoms with E-state index in [1.165, 1.54) is 23.8 Å². The molecule has 0 radical (unpaired) electrons. The van der Waals surface area contributed by atoms with E-state index in [9.17, 15) is 9.18 Å². The predicted octanol–water partition coefficient (Wildman–Crippen LogP) is 4.92. The summed E-state index contributed by atoms with van der Waals surface area (Å²) in [6, 6.07) is 12.1. The third-order valence-electron chi connectivity index (χ3n) is 3.56. The summed E-state index contributed by atoms with van der Waals surface area (Å²) in [5.74, 6) is -1.12. The number of benzene rings is 2. The molecule has 1 amide bonds. The molecule has 22 heavy (non-hydrogen) atoms. The van der Waals surface area contributed by atoms with E-state index in [0.29, 0.717) is 0 Å². The summed E-state index contributed by atoms with van der Waals surface area (Å²) in [6.45, 7) is 4.00. The number of aryl methyl sites for hydroxylation is 1. The summed E-state index contributed by atoms with van der Waals surface area (Å²) < 4.78 is 13.7. The standard InChI is InChI=1S/C18H19ClFNO/c1-3-5-13-8-10-14(11-9-13)12(2)21-18(22)17-15(19)6-4-7-16(17)20/h4,6-12H,3,5H2,1-2H3,(H,21,22)/t12-/m0/s1. The van der Waals surface area contributed by atoms with Crippen LogP contribution in [-0.4, -0.2) is 5.91 Å². The lowest BCUT2D eigenvalue weighted by atomic mass is 10.0. The van der Waals surface area contributed by atoms with Crippen molar-refractivity contribution in [1.29, 1.82) is 0 Å². The summed E-state index contributed by atoms with van der Waals surface area (Å²) in [6.07, 6.45) is 2.13. The number of carbonyl (C=O) groups is 1. The summed E-state index contributed by atoms with van der Waals surface area (Å²) >= 11 is 5.91. The number of amides is 1. The average molecular weight is 320 g/mol. The molecule has 0 unspecified atom stereocenters. The Balaban J connectivity index is 2.11. The second-order valence-electron chi connectivity index (χ2n) is 5.28. The Morgan fingerprint density at radius 1 is 1.23 bits per heavy atom. The molecule has 0 spiro atoms. The summed E-state index contributed by atoms with van der Waals surface area (Å²) in [5.41, 5.74) is 2.13. The lowest BCUT2D eigenvalue weighted by Gasteiger charge is -2.15. The normalized spacial score (nSPS) is 12.0. The molecule has 0 saturated heterocycles. The van der Waals surface area contributed by atoms with Gasteiger partial charge in [-0.15, -0.1) is 0 Å². The molecule has 2 nitrogen and oxygen atoms in total. The van der Waals surface area contributed by atoms with Gasteiger partial charge in [0.05, 0.1) is 16.6 Å². The van der Waals surface area contributed by atoms with E-state index in [2.05, 4.69) is 24.4 Å². The van der Waals surface area contributed by atoms with Gasteiger partial charge in [-0.3, -0.25) is 4.79 Å². The van der Waals surface area contributed by atoms with Crippen molar-refractivity contribution in [3.63, 3.8) is 0 Å². The molecule has 0 fully saturated rings. The zero-order valence-corrected chi connectivity index (χ0v) is 13.5. The van der Waals surface area contributed by atoms with Crippen molar-refractivity contribution in [2.75, 3.05) is 0 Å². The van der Waals surface area contributed by atoms with E-state index in [0.717, 1.165) is 18.4 Å². The first-order chi connectivity index (χ1) is 10.5. The molecule has 0 aromatic heterocycles. The van der Waals surface area contributed by atoms with Gasteiger partial charge < -0.3 is 5.32 Å². The van der Waals surface area contributed by atoms with Crippen molar-refractivity contribution in [2.24, 2.45) is 0 Å². The predicted molar refractivity (Wildman–Crippen MR) is 87.7 cm³/mol. The van der Waals surface area contributed by atoms with Gasteiger partial charge in [0, 0.05) is 0 Å². The molecule has 0 aliphatic carbocycles. The second-order valence-corrected chi connectivity index (χ2v) is 5.69. The van der Waals surface area contributed by atoms with E-state index in [1.807, 2.05) is 19.1 Å². The molecule has 2 aromatic carbocycles. The highest BCUT2D eigenvalue weighted by Crippen LogP contribution is 2.21. The first-order valence-corrected chi connectivity index (χ1v) is 7.74. The van der Waals surface area contributed by atoms with Gasteiger partial charge in [-0.2, -0.15) is 0 Å². The van der Waals surface area contributed by atoms with Crippen LogP contribution in [0.25, 0.3) is 0 Å². The number of nitrogens with one attached hydrogen (secondary N) is 1. The molecule has 2 rings (SSSR count). The minimum atomic E-state index is -0.615. The van der Waals surface area contributed by atoms with Gasteiger partial charge in [-0.1, -0.05) is 55.3 Å². The van der Waals surface area contributed by atoms with E-state index in [4.69, 9.17) is 11.6 Å². The molecule has 0 heterocycles. The van der Waals surface area contributed by atoms with Crippen LogP contribution in [0.2, 0.25) is 5.02 Å². The van der Waals surface area contributed by atoms with Gasteiger partial charge in [-0.05, 0) is 36.6 Å². The van der Waals surface area contributed by atoms with Crippen molar-refractivity contribution < 1.29 is 9.18 Å². The zero-order chi connectivity index (χ0) is 16.1. The number of halogens is 2. The molecular weight excluding hydrogens is 301 g/mol. The molecular formula is C18H19ClFNO. The van der Waals surface area contributed by atoms with E-state index in [1.54, 1.807) is 0 Å². The first kappa shape index (κ1) is 16.5. The molecule has 116 valence electrons. The van der Waals surface area contributed by atoms with Crippen LogP contribution in [0, 0.1) is 5.82 Å². The van der Waals surface area contributed by atoms with Gasteiger partial charge in [0.2, 0.25) is 0 Å². The summed E-state index contributed by atoms with van der Waals surface area (Å²) in [4.78, 5) is 12.2. The highest BCUT2D eigenvalue weighted by Gasteiger charge is 2.18. The lowest BCUT2D eigenvalue weighted by Crippen LogP contribution is -2.27. The minimum absolute atomic E-state index is 0.112. The summed E-state index contributed by atoms with van der Waals surface area (Å²) in [5, 5.41) is 2.90. The Kier molecular flexibility index (Phi) is 5.56. The monoisotopic (exact) mass is 319 g/mol. The van der Waals surface area contributed by atoms with Crippen LogP contribution < -0.4 is 5.32 Å². The SMILES string of the molecule is CCCc1ccc([C@H](C)NC(=O)c2c(F)cccc2Cl)cc1. The van der Waals surface area contributed by atoms with E-state index in [-0.39, 0.29) is 16.6 Å². The number of hydrogen-bond donors (Lipinski definition) is 1. The van der Waals surface area contributed by atoms with Gasteiger partial charge in [0.15, 0.2) is 0 Å². The Hall–Kier alpha value is -1.87. The van der Waals surface area contributed by atoms with Crippen LogP contribution in [0.15, 0.2) is 42.5 Å². The maximum Gasteiger partial charge on any atom is 0.256 e. The maximum atomic E-state index is 13.7. The maximum absolute atomic E-state index is 13.7. The number of rotatable bonds is 5. The molecule has 0 aliphatic rings. The van der Waals surface area contributed by atoms with Crippen molar-refractivity contribution in [3.8, 4) is 0 Å². The largest absolute Gasteiger partial charge is 0.345 e. The Labute approximate surface area is 135 Å². The van der Waals surface area contributed by atoms with Crippen LogP contribution in [0.4, 0.5) is 4.39 Å². The van der Waals surface area contributed by atoms with Gasteiger partial charge in [0.1, 0.15) is 5.82 Å². The molecule has 2 aromatic rings. The fourth-order valence-electron chi connectivity index (χ4n) is 2.33. The fourth-order valence-corrected chi connectivity index (χ4v) is 2.58. The quantitative estimate of drug-likeness (QED) is 0.832. The molecule has 1 atom stereocenters. The van der Waals surface area contributed by atoms with Crippen LogP contribution in [0.1, 0.15) is 47.8 Å². The smallest absolute Gasteiger partial charge is 0.256 e. The van der Waals surface area contributed by atoms with Gasteiger partial charge in [-0.25, -0.2) is 4.39 Å². The molecule has 0 saturated carbocycles. The molecule has 0 aliphatic heterocycles. The van der Waals surface area contributed by atoms with Crippen LogP contribution in [-0.2, 0) is 6.42 Å². The Morgan fingerprint density at radius 2 is 1.91 bits per heavy atom. The van der Waals surface area contributed by atoms with Crippen molar-refractivity contribution in [2.45, 2.75) is 32.7 Å². The third-order valence-corrected chi connectivity index (χ3v) is 3.87. The molecule has 1 N–H and O–H groups in total. The number of carbonyl (C=O) groups excluding carboxylic acids is 1. The lowest BCUT2D eigenvalue weighted by molar-refractivity contribution is 0.0936. The minimum Gasteiger partial charge on any atom is -0.345 e. The average Bonchev–Trinajstić information content (AvgIpc) is 2.48. The zero-order valence-electron chi connectivity index (χ0n) is 12.7. The van der Waals surface area contributed by atoms with Gasteiger partial charge in [0.25, 0.3) is 5.91 Å². The van der Waals surface area contributed by atoms with Crippen molar-refractivity contribution in [3.05, 3.63) is 70.0 Å². The fraction of sp³-hybridized carbons (Fsp3) is 0.278. The summed E-state index contributed by atoms with van der Waals surface area (Å²) in [7, 11) is 0. The van der Waals surface area contributed by atoms with Crippen molar-refractivity contribution >= 4 is 17.5 Å². The highest BCUT2D eigenvalue weighted by molar-refractivity contribution is 6.33. The molecule has 0 bridgehead atoms. The van der Waals surface area contributed by atoms with Crippen LogP contribution in [0.5, 0.6) is 0 Å². The Bertz CT molecular complexity index is 634.